The molecule has 1 aromatic carbocycles. The van der Waals surface area contributed by atoms with E-state index < -0.39 is 17.5 Å². The minimum atomic E-state index is -1.52. The normalized spacial score (nSPS) is 15.1. The van der Waals surface area contributed by atoms with E-state index in [1.165, 1.54) is 21.1 Å². The van der Waals surface area contributed by atoms with E-state index in [4.69, 9.17) is 9.47 Å². The maximum atomic E-state index is 11.5. The number of unbranched alkanes of at least 4 members (excludes halogenated alkanes) is 1. The predicted molar refractivity (Wildman–Crippen MR) is 79.8 cm³/mol. The van der Waals surface area contributed by atoms with Gasteiger partial charge in [-0.1, -0.05) is 19.8 Å². The lowest BCUT2D eigenvalue weighted by atomic mass is 9.79. The molecule has 2 atom stereocenters. The van der Waals surface area contributed by atoms with Gasteiger partial charge in [0.2, 0.25) is 0 Å². The Morgan fingerprint density at radius 3 is 2.48 bits per heavy atom. The number of hydrogen-bond acceptors (Lipinski definition) is 4. The van der Waals surface area contributed by atoms with Crippen molar-refractivity contribution in [1.29, 1.82) is 0 Å². The number of hydrogen-bond donors (Lipinski definition) is 2. The zero-order valence-electron chi connectivity index (χ0n) is 13.0. The van der Waals surface area contributed by atoms with E-state index in [9.17, 15) is 15.0 Å². The highest BCUT2D eigenvalue weighted by atomic mass is 16.5. The van der Waals surface area contributed by atoms with E-state index >= 15 is 0 Å². The summed E-state index contributed by atoms with van der Waals surface area (Å²) in [5, 5.41) is 20.3. The number of carboxylic acids is 1. The first-order valence-electron chi connectivity index (χ1n) is 7.06. The van der Waals surface area contributed by atoms with E-state index in [1.807, 2.05) is 6.92 Å². The molecule has 0 aliphatic rings. The molecule has 118 valence electrons. The van der Waals surface area contributed by atoms with Gasteiger partial charge >= 0.3 is 5.97 Å². The number of methoxy groups -OCH3 is 2. The van der Waals surface area contributed by atoms with Crippen LogP contribution in [0.25, 0.3) is 0 Å². The number of aliphatic carboxylic acids is 1. The molecule has 0 amide bonds. The van der Waals surface area contributed by atoms with Crippen molar-refractivity contribution in [2.24, 2.45) is 5.92 Å². The average Bonchev–Trinajstić information content (AvgIpc) is 2.46. The topological polar surface area (TPSA) is 76.0 Å². The molecule has 0 heterocycles. The van der Waals surface area contributed by atoms with Gasteiger partial charge in [-0.05, 0) is 25.5 Å². The summed E-state index contributed by atoms with van der Waals surface area (Å²) in [6.45, 7) is 3.51. The molecular formula is C16H24O5. The molecule has 1 aromatic rings. The van der Waals surface area contributed by atoms with Crippen molar-refractivity contribution in [2.75, 3.05) is 14.2 Å². The summed E-state index contributed by atoms with van der Waals surface area (Å²) in [4.78, 5) is 11.5. The predicted octanol–water partition coefficient (Wildman–Crippen LogP) is 2.80. The molecule has 21 heavy (non-hydrogen) atoms. The Morgan fingerprint density at radius 2 is 2.00 bits per heavy atom. The van der Waals surface area contributed by atoms with Crippen molar-refractivity contribution in [2.45, 2.75) is 38.7 Å². The van der Waals surface area contributed by atoms with Crippen molar-refractivity contribution in [1.82, 2.24) is 0 Å². The van der Waals surface area contributed by atoms with E-state index in [2.05, 4.69) is 0 Å². The second kappa shape index (κ2) is 7.31. The van der Waals surface area contributed by atoms with Gasteiger partial charge in [0, 0.05) is 11.6 Å². The van der Waals surface area contributed by atoms with Gasteiger partial charge in [0.25, 0.3) is 0 Å². The van der Waals surface area contributed by atoms with Crippen LogP contribution in [0.5, 0.6) is 11.5 Å². The molecular weight excluding hydrogens is 272 g/mol. The number of aliphatic hydroxyl groups is 1. The standard InChI is InChI=1S/C16H24O5/c1-5-6-7-13(15(17)18)16(2,19)12-9-8-11(20-3)10-14(12)21-4/h8-10,13,19H,5-7H2,1-4H3,(H,17,18). The maximum absolute atomic E-state index is 11.5. The highest BCUT2D eigenvalue weighted by Gasteiger charge is 2.40. The lowest BCUT2D eigenvalue weighted by Gasteiger charge is -2.32. The lowest BCUT2D eigenvalue weighted by Crippen LogP contribution is -2.37. The second-order valence-corrected chi connectivity index (χ2v) is 5.25. The summed E-state index contributed by atoms with van der Waals surface area (Å²) in [5.74, 6) is -0.889. The number of ether oxygens (including phenoxy) is 2. The molecule has 0 aromatic heterocycles. The van der Waals surface area contributed by atoms with Crippen LogP contribution in [0.2, 0.25) is 0 Å². The first kappa shape index (κ1) is 17.3. The van der Waals surface area contributed by atoms with E-state index in [0.717, 1.165) is 12.8 Å². The largest absolute Gasteiger partial charge is 0.497 e. The molecule has 0 fully saturated rings. The van der Waals surface area contributed by atoms with E-state index in [1.54, 1.807) is 18.2 Å². The highest BCUT2D eigenvalue weighted by molar-refractivity contribution is 5.72. The van der Waals surface area contributed by atoms with Crippen LogP contribution < -0.4 is 9.47 Å². The number of carboxylic acid groups (broad SMARTS) is 1. The summed E-state index contributed by atoms with van der Waals surface area (Å²) < 4.78 is 10.4. The molecule has 5 heteroatoms. The minimum absolute atomic E-state index is 0.411. The molecule has 0 saturated carbocycles. The first-order chi connectivity index (χ1) is 9.88. The van der Waals surface area contributed by atoms with Crippen LogP contribution in [0.4, 0.5) is 0 Å². The molecule has 2 unspecified atom stereocenters. The van der Waals surface area contributed by atoms with Gasteiger partial charge in [0.15, 0.2) is 0 Å². The quantitative estimate of drug-likeness (QED) is 0.771. The molecule has 1 rings (SSSR count). The summed E-state index contributed by atoms with van der Waals surface area (Å²) >= 11 is 0. The lowest BCUT2D eigenvalue weighted by molar-refractivity contribution is -0.152. The van der Waals surface area contributed by atoms with Crippen molar-refractivity contribution in [3.63, 3.8) is 0 Å². The Labute approximate surface area is 125 Å². The van der Waals surface area contributed by atoms with Gasteiger partial charge < -0.3 is 19.7 Å². The van der Waals surface area contributed by atoms with Gasteiger partial charge in [0.1, 0.15) is 17.1 Å². The fourth-order valence-electron chi connectivity index (χ4n) is 2.46. The second-order valence-electron chi connectivity index (χ2n) is 5.25. The van der Waals surface area contributed by atoms with Crippen LogP contribution in [-0.4, -0.2) is 30.4 Å². The SMILES string of the molecule is CCCCC(C(=O)O)C(C)(O)c1ccc(OC)cc1OC. The Kier molecular flexibility index (Phi) is 6.03. The molecule has 2 N–H and O–H groups in total. The smallest absolute Gasteiger partial charge is 0.309 e. The summed E-state index contributed by atoms with van der Waals surface area (Å²) in [5.41, 5.74) is -1.06. The van der Waals surface area contributed by atoms with E-state index in [0.29, 0.717) is 23.5 Å². The van der Waals surface area contributed by atoms with Crippen LogP contribution in [0.1, 0.15) is 38.7 Å². The van der Waals surface area contributed by atoms with Crippen LogP contribution in [0.3, 0.4) is 0 Å². The summed E-state index contributed by atoms with van der Waals surface area (Å²) in [6, 6.07) is 4.98. The maximum Gasteiger partial charge on any atom is 0.309 e. The third kappa shape index (κ3) is 3.88. The number of rotatable bonds is 8. The van der Waals surface area contributed by atoms with Crippen LogP contribution in [0.15, 0.2) is 18.2 Å². The third-order valence-corrected chi connectivity index (χ3v) is 3.78. The molecule has 0 aliphatic carbocycles. The molecule has 0 aliphatic heterocycles. The van der Waals surface area contributed by atoms with Gasteiger partial charge in [-0.2, -0.15) is 0 Å². The molecule has 0 radical (unpaired) electrons. The molecule has 0 bridgehead atoms. The molecule has 5 nitrogen and oxygen atoms in total. The van der Waals surface area contributed by atoms with Crippen molar-refractivity contribution >= 4 is 5.97 Å². The van der Waals surface area contributed by atoms with E-state index in [-0.39, 0.29) is 0 Å². The Bertz CT molecular complexity index is 482. The van der Waals surface area contributed by atoms with Crippen molar-refractivity contribution in [3.05, 3.63) is 23.8 Å². The number of benzene rings is 1. The molecule has 0 saturated heterocycles. The Balaban J connectivity index is 3.22. The van der Waals surface area contributed by atoms with Gasteiger partial charge in [0.05, 0.1) is 20.1 Å². The summed E-state index contributed by atoms with van der Waals surface area (Å²) in [6.07, 6.45) is 2.03. The van der Waals surface area contributed by atoms with Gasteiger partial charge in [-0.3, -0.25) is 4.79 Å². The number of carbonyl (C=O) groups is 1. The van der Waals surface area contributed by atoms with Crippen LogP contribution in [-0.2, 0) is 10.4 Å². The zero-order chi connectivity index (χ0) is 16.0. The van der Waals surface area contributed by atoms with Crippen molar-refractivity contribution in [3.8, 4) is 11.5 Å². The fourth-order valence-corrected chi connectivity index (χ4v) is 2.46. The Morgan fingerprint density at radius 1 is 1.33 bits per heavy atom. The third-order valence-electron chi connectivity index (χ3n) is 3.78. The first-order valence-corrected chi connectivity index (χ1v) is 7.06. The monoisotopic (exact) mass is 296 g/mol. The minimum Gasteiger partial charge on any atom is -0.497 e. The van der Waals surface area contributed by atoms with Crippen LogP contribution in [0, 0.1) is 5.92 Å². The van der Waals surface area contributed by atoms with Gasteiger partial charge in [-0.15, -0.1) is 0 Å². The Hall–Kier alpha value is -1.75. The summed E-state index contributed by atoms with van der Waals surface area (Å²) in [7, 11) is 3.02. The highest BCUT2D eigenvalue weighted by Crippen LogP contribution is 2.39. The molecule has 0 spiro atoms. The van der Waals surface area contributed by atoms with Gasteiger partial charge in [-0.25, -0.2) is 0 Å². The fraction of sp³-hybridized carbons (Fsp3) is 0.562. The zero-order valence-corrected chi connectivity index (χ0v) is 13.0. The van der Waals surface area contributed by atoms with Crippen molar-refractivity contribution < 1.29 is 24.5 Å². The van der Waals surface area contributed by atoms with Crippen LogP contribution >= 0.6 is 0 Å². The average molecular weight is 296 g/mol.